The first-order valence-corrected chi connectivity index (χ1v) is 6.39. The number of rotatable bonds is 6. The number of carboxylic acid groups (broad SMARTS) is 1. The Hall–Kier alpha value is -1.67. The van der Waals surface area contributed by atoms with Gasteiger partial charge in [-0.1, -0.05) is 6.92 Å². The van der Waals surface area contributed by atoms with E-state index >= 15 is 0 Å². The molecule has 0 aliphatic rings. The van der Waals surface area contributed by atoms with Crippen LogP contribution in [0, 0.1) is 0 Å². The molecule has 94 valence electrons. The molecule has 0 fully saturated rings. The van der Waals surface area contributed by atoms with Crippen molar-refractivity contribution < 1.29 is 18.3 Å². The van der Waals surface area contributed by atoms with Gasteiger partial charge in [-0.25, -0.2) is 9.78 Å². The zero-order valence-electron chi connectivity index (χ0n) is 9.17. The lowest BCUT2D eigenvalue weighted by Crippen LogP contribution is -2.31. The highest BCUT2D eigenvalue weighted by molar-refractivity contribution is 7.90. The number of hydrogen-bond donors (Lipinski definition) is 3. The van der Waals surface area contributed by atoms with Crippen molar-refractivity contribution in [1.29, 1.82) is 0 Å². The number of carboxylic acids is 1. The molecule has 0 aliphatic carbocycles. The van der Waals surface area contributed by atoms with Crippen molar-refractivity contribution in [2.24, 2.45) is 0 Å². The minimum absolute atomic E-state index is 0.0338. The van der Waals surface area contributed by atoms with Crippen LogP contribution in [0.5, 0.6) is 0 Å². The Bertz CT molecular complexity index is 501. The maximum atomic E-state index is 11.4. The summed E-state index contributed by atoms with van der Waals surface area (Å²) in [6, 6.07) is 2.42. The van der Waals surface area contributed by atoms with E-state index in [2.05, 4.69) is 14.4 Å². The second-order valence-electron chi connectivity index (χ2n) is 3.23. The Kier molecular flexibility index (Phi) is 4.41. The van der Waals surface area contributed by atoms with Gasteiger partial charge in [-0.2, -0.15) is 13.1 Å². The van der Waals surface area contributed by atoms with Gasteiger partial charge < -0.3 is 5.11 Å². The van der Waals surface area contributed by atoms with Crippen LogP contribution in [0.4, 0.5) is 5.82 Å². The Labute approximate surface area is 99.1 Å². The molecule has 17 heavy (non-hydrogen) atoms. The molecule has 1 aromatic heterocycles. The first-order chi connectivity index (χ1) is 7.94. The van der Waals surface area contributed by atoms with Crippen LogP contribution in [0.25, 0.3) is 0 Å². The lowest BCUT2D eigenvalue weighted by atomic mass is 10.3. The smallest absolute Gasteiger partial charge is 0.335 e. The van der Waals surface area contributed by atoms with E-state index < -0.39 is 16.2 Å². The summed E-state index contributed by atoms with van der Waals surface area (Å²) in [7, 11) is -3.69. The van der Waals surface area contributed by atoms with Crippen LogP contribution < -0.4 is 9.44 Å². The third-order valence-corrected chi connectivity index (χ3v) is 2.85. The maximum absolute atomic E-state index is 11.4. The predicted octanol–water partition coefficient (Wildman–Crippen LogP) is 0.436. The quantitative estimate of drug-likeness (QED) is 0.686. The number of nitrogens with zero attached hydrogens (tertiary/aromatic N) is 1. The molecule has 0 spiro atoms. The van der Waals surface area contributed by atoms with Gasteiger partial charge in [0.25, 0.3) is 10.2 Å². The van der Waals surface area contributed by atoms with E-state index in [1.54, 1.807) is 0 Å². The average molecular weight is 259 g/mol. The molecular formula is C9H13N3O4S. The van der Waals surface area contributed by atoms with E-state index in [1.807, 2.05) is 6.92 Å². The molecule has 0 atom stereocenters. The second kappa shape index (κ2) is 5.60. The van der Waals surface area contributed by atoms with Crippen molar-refractivity contribution in [3.05, 3.63) is 23.9 Å². The number of aromatic nitrogens is 1. The molecule has 1 rings (SSSR count). The molecular weight excluding hydrogens is 246 g/mol. The third kappa shape index (κ3) is 4.37. The van der Waals surface area contributed by atoms with Crippen LogP contribution in [-0.2, 0) is 10.2 Å². The monoisotopic (exact) mass is 259 g/mol. The van der Waals surface area contributed by atoms with Gasteiger partial charge in [0.05, 0.1) is 5.56 Å². The van der Waals surface area contributed by atoms with Crippen LogP contribution >= 0.6 is 0 Å². The fourth-order valence-electron chi connectivity index (χ4n) is 1.03. The van der Waals surface area contributed by atoms with Crippen LogP contribution in [0.2, 0.25) is 0 Å². The molecule has 7 nitrogen and oxygen atoms in total. The second-order valence-corrected chi connectivity index (χ2v) is 4.73. The Morgan fingerprint density at radius 1 is 1.53 bits per heavy atom. The van der Waals surface area contributed by atoms with Gasteiger partial charge in [-0.3, -0.25) is 4.72 Å². The molecule has 8 heteroatoms. The number of pyridine rings is 1. The summed E-state index contributed by atoms with van der Waals surface area (Å²) in [5, 5.41) is 8.73. The lowest BCUT2D eigenvalue weighted by molar-refractivity contribution is 0.0697. The number of aromatic carboxylic acids is 1. The fraction of sp³-hybridized carbons (Fsp3) is 0.333. The Balaban J connectivity index is 2.81. The molecule has 0 bridgehead atoms. The summed E-state index contributed by atoms with van der Waals surface area (Å²) in [6.07, 6.45) is 1.88. The first-order valence-electron chi connectivity index (χ1n) is 4.91. The zero-order chi connectivity index (χ0) is 12.9. The summed E-state index contributed by atoms with van der Waals surface area (Å²) in [6.45, 7) is 2.12. The van der Waals surface area contributed by atoms with Gasteiger partial charge in [0, 0.05) is 12.7 Å². The maximum Gasteiger partial charge on any atom is 0.335 e. The zero-order valence-corrected chi connectivity index (χ0v) is 9.99. The highest BCUT2D eigenvalue weighted by Crippen LogP contribution is 2.07. The Morgan fingerprint density at radius 2 is 2.24 bits per heavy atom. The van der Waals surface area contributed by atoms with Gasteiger partial charge in [-0.05, 0) is 18.6 Å². The van der Waals surface area contributed by atoms with Crippen LogP contribution in [0.15, 0.2) is 18.3 Å². The van der Waals surface area contributed by atoms with E-state index in [-0.39, 0.29) is 11.4 Å². The van der Waals surface area contributed by atoms with Gasteiger partial charge in [-0.15, -0.1) is 0 Å². The molecule has 3 N–H and O–H groups in total. The summed E-state index contributed by atoms with van der Waals surface area (Å²) in [5.41, 5.74) is -0.0341. The number of nitrogens with one attached hydrogen (secondary N) is 2. The molecule has 0 aliphatic heterocycles. The van der Waals surface area contributed by atoms with Gasteiger partial charge >= 0.3 is 5.97 Å². The normalized spacial score (nSPS) is 11.1. The van der Waals surface area contributed by atoms with Crippen molar-refractivity contribution in [1.82, 2.24) is 9.71 Å². The molecule has 0 saturated carbocycles. The number of anilines is 1. The van der Waals surface area contributed by atoms with Crippen molar-refractivity contribution in [3.8, 4) is 0 Å². The molecule has 0 aromatic carbocycles. The van der Waals surface area contributed by atoms with Crippen LogP contribution in [0.1, 0.15) is 23.7 Å². The van der Waals surface area contributed by atoms with E-state index in [0.29, 0.717) is 13.0 Å². The minimum atomic E-state index is -3.69. The molecule has 1 heterocycles. The predicted molar refractivity (Wildman–Crippen MR) is 62.0 cm³/mol. The molecule has 1 aromatic rings. The van der Waals surface area contributed by atoms with Crippen molar-refractivity contribution >= 4 is 22.0 Å². The summed E-state index contributed by atoms with van der Waals surface area (Å²) < 4.78 is 27.3. The fourth-order valence-corrected chi connectivity index (χ4v) is 1.96. The Morgan fingerprint density at radius 3 is 2.82 bits per heavy atom. The SMILES string of the molecule is CCCNS(=O)(=O)Nc1cc(C(=O)O)ccn1. The van der Waals surface area contributed by atoms with Crippen LogP contribution in [-0.4, -0.2) is 31.0 Å². The van der Waals surface area contributed by atoms with Crippen LogP contribution in [0.3, 0.4) is 0 Å². The largest absolute Gasteiger partial charge is 0.478 e. The minimum Gasteiger partial charge on any atom is -0.478 e. The summed E-state index contributed by atoms with van der Waals surface area (Å²) in [5.74, 6) is -1.18. The highest BCUT2D eigenvalue weighted by atomic mass is 32.2. The highest BCUT2D eigenvalue weighted by Gasteiger charge is 2.11. The molecule has 0 amide bonds. The summed E-state index contributed by atoms with van der Waals surface area (Å²) >= 11 is 0. The van der Waals surface area contributed by atoms with Gasteiger partial charge in [0.15, 0.2) is 0 Å². The molecule has 0 unspecified atom stereocenters. The molecule has 0 radical (unpaired) electrons. The average Bonchev–Trinajstić information content (AvgIpc) is 2.26. The third-order valence-electron chi connectivity index (χ3n) is 1.79. The van der Waals surface area contributed by atoms with Gasteiger partial charge in [0.1, 0.15) is 5.82 Å². The molecule has 0 saturated heterocycles. The van der Waals surface area contributed by atoms with Crippen molar-refractivity contribution in [2.75, 3.05) is 11.3 Å². The standard InChI is InChI=1S/C9H13N3O4S/c1-2-4-11-17(15,16)12-8-6-7(9(13)14)3-5-10-8/h3,5-6,11H,2,4H2,1H3,(H,10,12)(H,13,14). The topological polar surface area (TPSA) is 108 Å². The number of hydrogen-bond acceptors (Lipinski definition) is 4. The van der Waals surface area contributed by atoms with Crippen molar-refractivity contribution in [2.45, 2.75) is 13.3 Å². The first kappa shape index (κ1) is 13.4. The van der Waals surface area contributed by atoms with E-state index in [1.165, 1.54) is 12.3 Å². The van der Waals surface area contributed by atoms with Crippen molar-refractivity contribution in [3.63, 3.8) is 0 Å². The lowest BCUT2D eigenvalue weighted by Gasteiger charge is -2.07. The van der Waals surface area contributed by atoms with E-state index in [0.717, 1.165) is 6.07 Å². The van der Waals surface area contributed by atoms with Gasteiger partial charge in [0.2, 0.25) is 0 Å². The number of carbonyl (C=O) groups is 1. The van der Waals surface area contributed by atoms with E-state index in [4.69, 9.17) is 5.11 Å². The van der Waals surface area contributed by atoms with E-state index in [9.17, 15) is 13.2 Å². The summed E-state index contributed by atoms with van der Waals surface area (Å²) in [4.78, 5) is 14.4.